The average molecular weight is 224 g/mol. The summed E-state index contributed by atoms with van der Waals surface area (Å²) in [6.07, 6.45) is 0. The number of halogens is 1. The predicted octanol–water partition coefficient (Wildman–Crippen LogP) is -1.95. The first-order valence-electron chi connectivity index (χ1n) is 3.65. The lowest BCUT2D eigenvalue weighted by molar-refractivity contribution is -0.137. The first kappa shape index (κ1) is 12.7. The minimum Gasteiger partial charge on any atom is -0.480 e. The Hall–Kier alpha value is -1.34. The summed E-state index contributed by atoms with van der Waals surface area (Å²) in [7, 11) is 0. The van der Waals surface area contributed by atoms with Crippen molar-refractivity contribution in [2.45, 2.75) is 0 Å². The van der Waals surface area contributed by atoms with Gasteiger partial charge in [0.15, 0.2) is 0 Å². The van der Waals surface area contributed by atoms with Crippen LogP contribution in [0, 0.1) is 0 Å². The molecule has 2 amide bonds. The Balaban J connectivity index is 3.53. The van der Waals surface area contributed by atoms with Crippen LogP contribution in [0.4, 0.5) is 0 Å². The van der Waals surface area contributed by atoms with Gasteiger partial charge in [-0.3, -0.25) is 14.4 Å². The summed E-state index contributed by atoms with van der Waals surface area (Å²) in [6, 6.07) is 0. The van der Waals surface area contributed by atoms with Gasteiger partial charge in [0, 0.05) is 0 Å². The molecule has 0 aromatic rings. The number of rotatable bonds is 6. The highest BCUT2D eigenvalue weighted by atomic mass is 35.5. The fourth-order valence-corrected chi connectivity index (χ4v) is 0.660. The summed E-state index contributed by atoms with van der Waals surface area (Å²) in [5, 5.41) is 12.5. The minimum absolute atomic E-state index is 0.117. The molecule has 0 aromatic carbocycles. The summed E-state index contributed by atoms with van der Waals surface area (Å²) in [4.78, 5) is 33.6. The van der Waals surface area contributed by atoms with E-state index in [9.17, 15) is 14.4 Å². The Morgan fingerprint density at radius 3 is 2.00 bits per heavy atom. The number of carboxylic acids is 1. The Kier molecular flexibility index (Phi) is 6.42. The summed E-state index contributed by atoms with van der Waals surface area (Å²) >= 11 is 5.03. The number of carbonyl (C=O) groups excluding carboxylic acids is 2. The standard InChI is InChI=1S/C6H10ClN3O4/c7-10-2-5(12)8-1-4(11)9-3-6(13)14/h10H,1-3H2,(H,8,12)(H,9,11)(H,13,14). The highest BCUT2D eigenvalue weighted by Gasteiger charge is 2.05. The maximum atomic E-state index is 10.8. The summed E-state index contributed by atoms with van der Waals surface area (Å²) in [5.74, 6) is -2.17. The zero-order valence-corrected chi connectivity index (χ0v) is 7.93. The van der Waals surface area contributed by atoms with Crippen LogP contribution < -0.4 is 15.5 Å². The van der Waals surface area contributed by atoms with Gasteiger partial charge in [0.2, 0.25) is 11.8 Å². The molecule has 0 aliphatic heterocycles. The van der Waals surface area contributed by atoms with E-state index in [0.717, 1.165) is 0 Å². The van der Waals surface area contributed by atoms with E-state index >= 15 is 0 Å². The van der Waals surface area contributed by atoms with Crippen molar-refractivity contribution < 1.29 is 19.5 Å². The van der Waals surface area contributed by atoms with E-state index in [1.54, 1.807) is 0 Å². The fourth-order valence-electron chi connectivity index (χ4n) is 0.539. The normalized spacial score (nSPS) is 9.21. The fraction of sp³-hybridized carbons (Fsp3) is 0.500. The second-order valence-corrected chi connectivity index (χ2v) is 2.52. The summed E-state index contributed by atoms with van der Waals surface area (Å²) < 4.78 is 0. The second kappa shape index (κ2) is 7.10. The van der Waals surface area contributed by atoms with Crippen molar-refractivity contribution in [2.75, 3.05) is 19.6 Å². The maximum absolute atomic E-state index is 10.8. The van der Waals surface area contributed by atoms with Crippen LogP contribution in [-0.4, -0.2) is 42.5 Å². The minimum atomic E-state index is -1.15. The van der Waals surface area contributed by atoms with Gasteiger partial charge < -0.3 is 15.7 Å². The van der Waals surface area contributed by atoms with Gasteiger partial charge >= 0.3 is 5.97 Å². The van der Waals surface area contributed by atoms with Gasteiger partial charge in [0.1, 0.15) is 6.54 Å². The van der Waals surface area contributed by atoms with E-state index in [4.69, 9.17) is 16.9 Å². The molecule has 0 spiro atoms. The van der Waals surface area contributed by atoms with Crippen LogP contribution in [0.15, 0.2) is 0 Å². The van der Waals surface area contributed by atoms with Crippen LogP contribution in [0.5, 0.6) is 0 Å². The molecular formula is C6H10ClN3O4. The van der Waals surface area contributed by atoms with E-state index in [1.165, 1.54) is 0 Å². The van der Waals surface area contributed by atoms with Crippen molar-refractivity contribution in [3.05, 3.63) is 0 Å². The van der Waals surface area contributed by atoms with Gasteiger partial charge in [-0.25, -0.2) is 4.84 Å². The SMILES string of the molecule is O=C(O)CNC(=O)CNC(=O)CNCl. The second-order valence-electron chi connectivity index (χ2n) is 2.26. The zero-order chi connectivity index (χ0) is 11.0. The molecule has 0 fully saturated rings. The van der Waals surface area contributed by atoms with E-state index in [0.29, 0.717) is 0 Å². The maximum Gasteiger partial charge on any atom is 0.322 e. The number of carbonyl (C=O) groups is 3. The van der Waals surface area contributed by atoms with Gasteiger partial charge in [-0.15, -0.1) is 0 Å². The van der Waals surface area contributed by atoms with Crippen LogP contribution in [0.25, 0.3) is 0 Å². The van der Waals surface area contributed by atoms with Crippen LogP contribution in [-0.2, 0) is 14.4 Å². The number of hydrogen-bond acceptors (Lipinski definition) is 4. The van der Waals surface area contributed by atoms with Crippen molar-refractivity contribution >= 4 is 29.6 Å². The molecule has 14 heavy (non-hydrogen) atoms. The molecule has 0 aromatic heterocycles. The van der Waals surface area contributed by atoms with E-state index < -0.39 is 24.3 Å². The topological polar surface area (TPSA) is 108 Å². The molecule has 0 radical (unpaired) electrons. The van der Waals surface area contributed by atoms with Crippen molar-refractivity contribution in [3.63, 3.8) is 0 Å². The molecule has 8 heteroatoms. The molecule has 0 atom stereocenters. The van der Waals surface area contributed by atoms with Gasteiger partial charge in [-0.1, -0.05) is 0 Å². The summed E-state index contributed by atoms with van der Waals surface area (Å²) in [5.41, 5.74) is 0. The number of nitrogens with one attached hydrogen (secondary N) is 3. The molecular weight excluding hydrogens is 214 g/mol. The molecule has 4 N–H and O–H groups in total. The molecule has 0 unspecified atom stereocenters. The molecule has 0 aliphatic carbocycles. The number of hydrogen-bond donors (Lipinski definition) is 4. The lowest BCUT2D eigenvalue weighted by Gasteiger charge is -2.03. The number of carboxylic acid groups (broad SMARTS) is 1. The Bertz CT molecular complexity index is 233. The lowest BCUT2D eigenvalue weighted by atomic mass is 10.5. The number of amides is 2. The molecule has 0 saturated carbocycles. The van der Waals surface area contributed by atoms with E-state index in [2.05, 4.69) is 15.5 Å². The molecule has 80 valence electrons. The van der Waals surface area contributed by atoms with Crippen molar-refractivity contribution in [1.29, 1.82) is 0 Å². The highest BCUT2D eigenvalue weighted by molar-refractivity contribution is 6.14. The molecule has 7 nitrogen and oxygen atoms in total. The van der Waals surface area contributed by atoms with Gasteiger partial charge in [0.25, 0.3) is 0 Å². The Labute approximate surface area is 84.9 Å². The summed E-state index contributed by atoms with van der Waals surface area (Å²) in [6.45, 7) is -0.860. The molecule has 0 bridgehead atoms. The molecule has 0 heterocycles. The highest BCUT2D eigenvalue weighted by Crippen LogP contribution is 1.69. The van der Waals surface area contributed by atoms with Crippen LogP contribution in [0.1, 0.15) is 0 Å². The van der Waals surface area contributed by atoms with Crippen molar-refractivity contribution in [2.24, 2.45) is 0 Å². The first-order chi connectivity index (χ1) is 6.56. The predicted molar refractivity (Wildman–Crippen MR) is 47.5 cm³/mol. The van der Waals surface area contributed by atoms with Crippen LogP contribution in [0.2, 0.25) is 0 Å². The monoisotopic (exact) mass is 223 g/mol. The average Bonchev–Trinajstić information content (AvgIpc) is 2.12. The zero-order valence-electron chi connectivity index (χ0n) is 7.17. The van der Waals surface area contributed by atoms with Crippen molar-refractivity contribution in [1.82, 2.24) is 15.5 Å². The Morgan fingerprint density at radius 2 is 1.50 bits per heavy atom. The van der Waals surface area contributed by atoms with Gasteiger partial charge in [-0.05, 0) is 11.8 Å². The number of aliphatic carboxylic acids is 1. The third-order valence-electron chi connectivity index (χ3n) is 1.11. The van der Waals surface area contributed by atoms with E-state index in [-0.39, 0.29) is 13.1 Å². The Morgan fingerprint density at radius 1 is 1.00 bits per heavy atom. The first-order valence-corrected chi connectivity index (χ1v) is 4.02. The largest absolute Gasteiger partial charge is 0.480 e. The quantitative estimate of drug-likeness (QED) is 0.392. The van der Waals surface area contributed by atoms with Crippen LogP contribution >= 0.6 is 11.8 Å². The third kappa shape index (κ3) is 7.32. The molecule has 0 saturated heterocycles. The van der Waals surface area contributed by atoms with Gasteiger partial charge in [0.05, 0.1) is 13.1 Å². The third-order valence-corrected chi connectivity index (χ3v) is 1.24. The molecule has 0 rings (SSSR count). The smallest absolute Gasteiger partial charge is 0.322 e. The molecule has 0 aliphatic rings. The lowest BCUT2D eigenvalue weighted by Crippen LogP contribution is -2.40. The van der Waals surface area contributed by atoms with Crippen molar-refractivity contribution in [3.8, 4) is 0 Å². The van der Waals surface area contributed by atoms with E-state index in [1.807, 2.05) is 0 Å². The van der Waals surface area contributed by atoms with Crippen LogP contribution in [0.3, 0.4) is 0 Å². The van der Waals surface area contributed by atoms with Gasteiger partial charge in [-0.2, -0.15) is 0 Å².